The molecule has 6 heteroatoms. The average Bonchev–Trinajstić information content (AvgIpc) is 2.47. The second-order valence-corrected chi connectivity index (χ2v) is 4.21. The lowest BCUT2D eigenvalue weighted by Gasteiger charge is -2.14. The van der Waals surface area contributed by atoms with Gasteiger partial charge in [0.15, 0.2) is 15.7 Å². The second kappa shape index (κ2) is 3.04. The SMILES string of the molecule is O=S(O)c1scc2c1OCCO2. The van der Waals surface area contributed by atoms with Crippen molar-refractivity contribution < 1.29 is 18.2 Å². The largest absolute Gasteiger partial charge is 0.485 e. The molecule has 0 saturated heterocycles. The topological polar surface area (TPSA) is 55.8 Å². The molecular formula is C6H6O4S2. The van der Waals surface area contributed by atoms with Crippen LogP contribution in [0.3, 0.4) is 0 Å². The van der Waals surface area contributed by atoms with Crippen molar-refractivity contribution in [3.05, 3.63) is 5.38 Å². The van der Waals surface area contributed by atoms with Gasteiger partial charge in [0.25, 0.3) is 0 Å². The third-order valence-electron chi connectivity index (χ3n) is 1.43. The predicted molar refractivity (Wildman–Crippen MR) is 44.3 cm³/mol. The number of hydrogen-bond donors (Lipinski definition) is 1. The molecule has 1 aliphatic rings. The molecule has 1 aromatic heterocycles. The Kier molecular flexibility index (Phi) is 2.03. The van der Waals surface area contributed by atoms with Crippen LogP contribution in [0.15, 0.2) is 9.59 Å². The molecule has 0 spiro atoms. The molecule has 4 nitrogen and oxygen atoms in total. The van der Waals surface area contributed by atoms with Gasteiger partial charge in [0, 0.05) is 5.38 Å². The first kappa shape index (κ1) is 8.03. The van der Waals surface area contributed by atoms with Gasteiger partial charge in [-0.05, 0) is 0 Å². The van der Waals surface area contributed by atoms with Gasteiger partial charge in [-0.3, -0.25) is 0 Å². The van der Waals surface area contributed by atoms with Crippen molar-refractivity contribution >= 4 is 22.4 Å². The molecule has 0 radical (unpaired) electrons. The van der Waals surface area contributed by atoms with Gasteiger partial charge in [0.05, 0.1) is 0 Å². The Morgan fingerprint density at radius 2 is 2.25 bits per heavy atom. The standard InChI is InChI=1S/C6H6O4S2/c7-12(8)6-5-4(3-11-6)9-1-2-10-5/h3H,1-2H2,(H,7,8). The first-order chi connectivity index (χ1) is 5.79. The fraction of sp³-hybridized carbons (Fsp3) is 0.333. The van der Waals surface area contributed by atoms with Crippen molar-refractivity contribution in [2.75, 3.05) is 13.2 Å². The summed E-state index contributed by atoms with van der Waals surface area (Å²) >= 11 is -0.800. The van der Waals surface area contributed by atoms with Crippen molar-refractivity contribution in [1.82, 2.24) is 0 Å². The van der Waals surface area contributed by atoms with E-state index >= 15 is 0 Å². The molecular weight excluding hydrogens is 200 g/mol. The number of thiophene rings is 1. The normalized spacial score (nSPS) is 17.4. The Morgan fingerprint density at radius 1 is 1.50 bits per heavy atom. The Balaban J connectivity index is 2.44. The van der Waals surface area contributed by atoms with Crippen LogP contribution in [0.25, 0.3) is 0 Å². The smallest absolute Gasteiger partial charge is 0.200 e. The fourth-order valence-electron chi connectivity index (χ4n) is 0.960. The van der Waals surface area contributed by atoms with Gasteiger partial charge in [-0.25, -0.2) is 4.21 Å². The van der Waals surface area contributed by atoms with E-state index in [0.29, 0.717) is 28.9 Å². The summed E-state index contributed by atoms with van der Waals surface area (Å²) in [5.41, 5.74) is 0. The molecule has 0 aromatic carbocycles. The van der Waals surface area contributed by atoms with Gasteiger partial charge in [0.1, 0.15) is 13.2 Å². The van der Waals surface area contributed by atoms with E-state index in [0.717, 1.165) is 0 Å². The van der Waals surface area contributed by atoms with Gasteiger partial charge in [-0.1, -0.05) is 0 Å². The van der Waals surface area contributed by atoms with Crippen LogP contribution in [-0.2, 0) is 11.1 Å². The van der Waals surface area contributed by atoms with Crippen molar-refractivity contribution in [2.45, 2.75) is 4.21 Å². The van der Waals surface area contributed by atoms with E-state index in [9.17, 15) is 4.21 Å². The lowest BCUT2D eigenvalue weighted by atomic mass is 10.5. The minimum absolute atomic E-state index is 0.324. The lowest BCUT2D eigenvalue weighted by Crippen LogP contribution is -2.14. The van der Waals surface area contributed by atoms with Crippen molar-refractivity contribution in [1.29, 1.82) is 0 Å². The third-order valence-corrected chi connectivity index (χ3v) is 3.38. The minimum Gasteiger partial charge on any atom is -0.485 e. The summed E-state index contributed by atoms with van der Waals surface area (Å²) < 4.78 is 30.2. The Labute approximate surface area is 75.4 Å². The van der Waals surface area contributed by atoms with Crippen LogP contribution >= 0.6 is 11.3 Å². The Hall–Kier alpha value is -0.590. The van der Waals surface area contributed by atoms with E-state index in [1.54, 1.807) is 5.38 Å². The molecule has 0 saturated carbocycles. The van der Waals surface area contributed by atoms with Crippen LogP contribution in [0.1, 0.15) is 0 Å². The summed E-state index contributed by atoms with van der Waals surface area (Å²) in [7, 11) is 0. The molecule has 1 unspecified atom stereocenters. The van der Waals surface area contributed by atoms with Crippen LogP contribution in [0.5, 0.6) is 11.5 Å². The molecule has 0 fully saturated rings. The monoisotopic (exact) mass is 206 g/mol. The zero-order valence-corrected chi connectivity index (χ0v) is 7.61. The maximum absolute atomic E-state index is 10.7. The number of rotatable bonds is 1. The van der Waals surface area contributed by atoms with Crippen molar-refractivity contribution in [3.63, 3.8) is 0 Å². The van der Waals surface area contributed by atoms with Crippen LogP contribution in [0, 0.1) is 0 Å². The number of fused-ring (bicyclic) bond motifs is 1. The van der Waals surface area contributed by atoms with Gasteiger partial charge >= 0.3 is 0 Å². The third kappa shape index (κ3) is 1.21. The van der Waals surface area contributed by atoms with Crippen molar-refractivity contribution in [3.8, 4) is 11.5 Å². The summed E-state index contributed by atoms with van der Waals surface area (Å²) in [6, 6.07) is 0. The van der Waals surface area contributed by atoms with E-state index in [-0.39, 0.29) is 0 Å². The summed E-state index contributed by atoms with van der Waals surface area (Å²) in [6.07, 6.45) is 0. The molecule has 1 aliphatic heterocycles. The Bertz CT molecular complexity index is 319. The molecule has 1 N–H and O–H groups in total. The molecule has 66 valence electrons. The maximum atomic E-state index is 10.7. The summed E-state index contributed by atoms with van der Waals surface area (Å²) in [4.78, 5) is 0. The van der Waals surface area contributed by atoms with Gasteiger partial charge < -0.3 is 14.0 Å². The minimum atomic E-state index is -1.97. The molecule has 1 atom stereocenters. The van der Waals surface area contributed by atoms with Crippen molar-refractivity contribution in [2.24, 2.45) is 0 Å². The summed E-state index contributed by atoms with van der Waals surface area (Å²) in [6.45, 7) is 0.940. The molecule has 2 heterocycles. The quantitative estimate of drug-likeness (QED) is 0.699. The zero-order valence-electron chi connectivity index (χ0n) is 5.98. The maximum Gasteiger partial charge on any atom is 0.200 e. The highest BCUT2D eigenvalue weighted by atomic mass is 32.2. The molecule has 0 aliphatic carbocycles. The molecule has 0 bridgehead atoms. The van der Waals surface area contributed by atoms with E-state index in [4.69, 9.17) is 14.0 Å². The number of hydrogen-bond acceptors (Lipinski definition) is 4. The molecule has 1 aromatic rings. The average molecular weight is 206 g/mol. The molecule has 0 amide bonds. The lowest BCUT2D eigenvalue weighted by molar-refractivity contribution is 0.169. The summed E-state index contributed by atoms with van der Waals surface area (Å²) in [5.74, 6) is 0.996. The number of ether oxygens (including phenoxy) is 2. The van der Waals surface area contributed by atoms with E-state index in [1.165, 1.54) is 11.3 Å². The highest BCUT2D eigenvalue weighted by molar-refractivity contribution is 7.82. The van der Waals surface area contributed by atoms with Gasteiger partial charge in [-0.15, -0.1) is 11.3 Å². The van der Waals surface area contributed by atoms with Crippen LogP contribution in [-0.4, -0.2) is 22.0 Å². The van der Waals surface area contributed by atoms with E-state index < -0.39 is 11.1 Å². The zero-order chi connectivity index (χ0) is 8.55. The first-order valence-electron chi connectivity index (χ1n) is 3.27. The van der Waals surface area contributed by atoms with Crippen LogP contribution in [0.2, 0.25) is 0 Å². The molecule has 12 heavy (non-hydrogen) atoms. The second-order valence-electron chi connectivity index (χ2n) is 2.16. The van der Waals surface area contributed by atoms with E-state index in [2.05, 4.69) is 0 Å². The van der Waals surface area contributed by atoms with Gasteiger partial charge in [-0.2, -0.15) is 0 Å². The van der Waals surface area contributed by atoms with Gasteiger partial charge in [0.2, 0.25) is 11.1 Å². The van der Waals surface area contributed by atoms with E-state index in [1.807, 2.05) is 0 Å². The summed E-state index contributed by atoms with van der Waals surface area (Å²) in [5, 5.41) is 1.68. The van der Waals surface area contributed by atoms with Crippen LogP contribution in [0.4, 0.5) is 0 Å². The van der Waals surface area contributed by atoms with Crippen LogP contribution < -0.4 is 9.47 Å². The first-order valence-corrected chi connectivity index (χ1v) is 5.25. The predicted octanol–water partition coefficient (Wildman–Crippen LogP) is 1.10. The molecule has 2 rings (SSSR count). The Morgan fingerprint density at radius 3 is 3.00 bits per heavy atom. The highest BCUT2D eigenvalue weighted by Gasteiger charge is 2.21. The highest BCUT2D eigenvalue weighted by Crippen LogP contribution is 2.40. The fourth-order valence-corrected chi connectivity index (χ4v) is 2.41.